The number of rotatable bonds is 9. The fourth-order valence-corrected chi connectivity index (χ4v) is 4.46. The number of nitrogens with zero attached hydrogens (tertiary/aromatic N) is 1. The molecule has 0 saturated carbocycles. The second kappa shape index (κ2) is 10.9. The Hall–Kier alpha value is -2.11. The largest absolute Gasteiger partial charge is 0.439 e. The van der Waals surface area contributed by atoms with Gasteiger partial charge in [0.15, 0.2) is 11.6 Å². The number of carbonyl (C=O) groups is 3. The number of aliphatic hydroxyl groups is 2. The molecule has 0 aliphatic carbocycles. The SMILES string of the molecule is C[C@@H]1[C@H](c2ccccc2)OC(=O)N1C(=O)[C@H](C)[C@H]1O[C@@](O)(CCCOCCO)C(Br)=CC1=O. The van der Waals surface area contributed by atoms with Gasteiger partial charge in [0.2, 0.25) is 5.91 Å². The molecule has 2 amide bonds. The van der Waals surface area contributed by atoms with Crippen molar-refractivity contribution < 1.29 is 38.8 Å². The Labute approximate surface area is 200 Å². The van der Waals surface area contributed by atoms with Crippen LogP contribution in [0.25, 0.3) is 0 Å². The van der Waals surface area contributed by atoms with Crippen LogP contribution in [-0.2, 0) is 23.8 Å². The van der Waals surface area contributed by atoms with Gasteiger partial charge in [0.1, 0.15) is 12.2 Å². The van der Waals surface area contributed by atoms with Crippen molar-refractivity contribution in [3.63, 3.8) is 0 Å². The molecule has 1 saturated heterocycles. The van der Waals surface area contributed by atoms with Crippen LogP contribution in [0.4, 0.5) is 4.79 Å². The minimum atomic E-state index is -1.82. The lowest BCUT2D eigenvalue weighted by Crippen LogP contribution is -2.52. The summed E-state index contributed by atoms with van der Waals surface area (Å²) in [5, 5.41) is 19.7. The van der Waals surface area contributed by atoms with Crippen molar-refractivity contribution >= 4 is 33.7 Å². The number of aliphatic hydroxyl groups excluding tert-OH is 1. The molecule has 1 fully saturated rings. The van der Waals surface area contributed by atoms with Gasteiger partial charge in [-0.2, -0.15) is 0 Å². The number of benzene rings is 1. The molecule has 33 heavy (non-hydrogen) atoms. The third kappa shape index (κ3) is 5.52. The Morgan fingerprint density at radius 3 is 2.64 bits per heavy atom. The van der Waals surface area contributed by atoms with Crippen LogP contribution < -0.4 is 0 Å². The Bertz CT molecular complexity index is 907. The number of amides is 2. The molecule has 1 aromatic rings. The molecule has 5 atom stereocenters. The zero-order valence-corrected chi connectivity index (χ0v) is 20.1. The summed E-state index contributed by atoms with van der Waals surface area (Å²) in [6.07, 6.45) is -1.01. The molecule has 2 aliphatic heterocycles. The quantitative estimate of drug-likeness (QED) is 0.471. The van der Waals surface area contributed by atoms with Crippen molar-refractivity contribution in [3.8, 4) is 0 Å². The van der Waals surface area contributed by atoms with E-state index in [2.05, 4.69) is 15.9 Å². The van der Waals surface area contributed by atoms with Gasteiger partial charge in [-0.15, -0.1) is 0 Å². The third-order valence-corrected chi connectivity index (χ3v) is 6.61. The van der Waals surface area contributed by atoms with Crippen molar-refractivity contribution in [3.05, 3.63) is 46.5 Å². The van der Waals surface area contributed by atoms with Crippen molar-refractivity contribution in [1.29, 1.82) is 0 Å². The molecule has 0 spiro atoms. The van der Waals surface area contributed by atoms with Crippen LogP contribution in [0.3, 0.4) is 0 Å². The maximum absolute atomic E-state index is 13.2. The minimum absolute atomic E-state index is 0.0957. The summed E-state index contributed by atoms with van der Waals surface area (Å²) in [4.78, 5) is 39.4. The molecule has 0 bridgehead atoms. The number of halogens is 1. The predicted octanol–water partition coefficient (Wildman–Crippen LogP) is 2.46. The van der Waals surface area contributed by atoms with Crippen molar-refractivity contribution in [2.24, 2.45) is 5.92 Å². The first-order valence-electron chi connectivity index (χ1n) is 10.8. The predicted molar refractivity (Wildman–Crippen MR) is 120 cm³/mol. The average Bonchev–Trinajstić information content (AvgIpc) is 3.10. The van der Waals surface area contributed by atoms with E-state index in [0.29, 0.717) is 6.42 Å². The number of ketones is 1. The zero-order chi connectivity index (χ0) is 24.2. The van der Waals surface area contributed by atoms with Crippen LogP contribution in [0.2, 0.25) is 0 Å². The van der Waals surface area contributed by atoms with Gasteiger partial charge < -0.3 is 24.4 Å². The van der Waals surface area contributed by atoms with E-state index in [1.54, 1.807) is 6.92 Å². The lowest BCUT2D eigenvalue weighted by Gasteiger charge is -2.37. The lowest BCUT2D eigenvalue weighted by atomic mass is 9.93. The molecule has 2 N–H and O–H groups in total. The Morgan fingerprint density at radius 1 is 1.27 bits per heavy atom. The highest BCUT2D eigenvalue weighted by molar-refractivity contribution is 9.11. The number of imide groups is 1. The Balaban J connectivity index is 1.71. The van der Waals surface area contributed by atoms with Gasteiger partial charge in [-0.05, 0) is 40.9 Å². The van der Waals surface area contributed by atoms with Crippen LogP contribution in [0.15, 0.2) is 40.9 Å². The van der Waals surface area contributed by atoms with Gasteiger partial charge in [-0.1, -0.05) is 37.3 Å². The lowest BCUT2D eigenvalue weighted by molar-refractivity contribution is -0.217. The highest BCUT2D eigenvalue weighted by Gasteiger charge is 2.49. The maximum Gasteiger partial charge on any atom is 0.417 e. The summed E-state index contributed by atoms with van der Waals surface area (Å²) in [5.41, 5.74) is 0.760. The molecule has 180 valence electrons. The fourth-order valence-electron chi connectivity index (χ4n) is 3.95. The summed E-state index contributed by atoms with van der Waals surface area (Å²) in [6, 6.07) is 8.51. The van der Waals surface area contributed by atoms with Gasteiger partial charge >= 0.3 is 6.09 Å². The number of cyclic esters (lactones) is 1. The van der Waals surface area contributed by atoms with Crippen LogP contribution in [0.5, 0.6) is 0 Å². The monoisotopic (exact) mass is 525 g/mol. The van der Waals surface area contributed by atoms with E-state index in [0.717, 1.165) is 10.5 Å². The average molecular weight is 526 g/mol. The molecule has 0 radical (unpaired) electrons. The molecular weight excluding hydrogens is 498 g/mol. The Kier molecular flexibility index (Phi) is 8.41. The van der Waals surface area contributed by atoms with E-state index in [9.17, 15) is 19.5 Å². The summed E-state index contributed by atoms with van der Waals surface area (Å²) >= 11 is 3.18. The number of hydrogen-bond donors (Lipinski definition) is 2. The maximum atomic E-state index is 13.2. The van der Waals surface area contributed by atoms with E-state index in [4.69, 9.17) is 19.3 Å². The second-order valence-electron chi connectivity index (χ2n) is 8.11. The van der Waals surface area contributed by atoms with Gasteiger partial charge in [-0.25, -0.2) is 9.69 Å². The molecule has 10 heteroatoms. The van der Waals surface area contributed by atoms with E-state index < -0.39 is 47.7 Å². The third-order valence-electron chi connectivity index (χ3n) is 5.76. The van der Waals surface area contributed by atoms with E-state index in [1.165, 1.54) is 13.0 Å². The van der Waals surface area contributed by atoms with Crippen molar-refractivity contribution in [2.45, 2.75) is 50.7 Å². The summed E-state index contributed by atoms with van der Waals surface area (Å²) in [7, 11) is 0. The number of carbonyl (C=O) groups excluding carboxylic acids is 3. The smallest absolute Gasteiger partial charge is 0.417 e. The first-order valence-corrected chi connectivity index (χ1v) is 11.6. The topological polar surface area (TPSA) is 123 Å². The zero-order valence-electron chi connectivity index (χ0n) is 18.5. The van der Waals surface area contributed by atoms with E-state index in [1.807, 2.05) is 30.3 Å². The van der Waals surface area contributed by atoms with Crippen LogP contribution in [0, 0.1) is 5.92 Å². The van der Waals surface area contributed by atoms with Gasteiger partial charge in [-0.3, -0.25) is 9.59 Å². The number of ether oxygens (including phenoxy) is 3. The Morgan fingerprint density at radius 2 is 1.97 bits per heavy atom. The van der Waals surface area contributed by atoms with Gasteiger partial charge in [0.25, 0.3) is 0 Å². The van der Waals surface area contributed by atoms with E-state index >= 15 is 0 Å². The summed E-state index contributed by atoms with van der Waals surface area (Å²) < 4.78 is 16.5. The molecule has 0 aromatic heterocycles. The molecular formula is C23H28BrNO8. The van der Waals surface area contributed by atoms with Crippen molar-refractivity contribution in [2.75, 3.05) is 19.8 Å². The normalized spacial score (nSPS) is 28.5. The highest BCUT2D eigenvalue weighted by Crippen LogP contribution is 2.38. The molecule has 2 aliphatic rings. The molecule has 9 nitrogen and oxygen atoms in total. The molecule has 2 heterocycles. The molecule has 3 rings (SSSR count). The van der Waals surface area contributed by atoms with Gasteiger partial charge in [0.05, 0.1) is 29.7 Å². The van der Waals surface area contributed by atoms with Crippen molar-refractivity contribution in [1.82, 2.24) is 4.90 Å². The first kappa shape index (κ1) is 25.5. The number of hydrogen-bond acceptors (Lipinski definition) is 8. The molecule has 1 aromatic carbocycles. The first-order chi connectivity index (χ1) is 15.7. The van der Waals surface area contributed by atoms with Crippen LogP contribution >= 0.6 is 15.9 Å². The summed E-state index contributed by atoms with van der Waals surface area (Å²) in [6.45, 7) is 3.53. The highest BCUT2D eigenvalue weighted by atomic mass is 79.9. The second-order valence-corrected chi connectivity index (χ2v) is 8.96. The molecule has 0 unspecified atom stereocenters. The standard InChI is InChI=1S/C23H28BrNO8/c1-14(19-17(27)13-18(24)23(30,33-19)9-6-11-31-12-10-26)21(28)25-15(2)20(32-22(25)29)16-7-4-3-5-8-16/h3-5,7-8,13-15,19-20,26,30H,6,9-12H2,1-2H3/t14-,15-,19-,20-,23+/m1/s1. The summed E-state index contributed by atoms with van der Waals surface area (Å²) in [5.74, 6) is -3.98. The minimum Gasteiger partial charge on any atom is -0.439 e. The van der Waals surface area contributed by atoms with Gasteiger partial charge in [0, 0.05) is 13.0 Å². The fraction of sp³-hybridized carbons (Fsp3) is 0.522. The van der Waals surface area contributed by atoms with Crippen LogP contribution in [-0.4, -0.2) is 70.7 Å². The van der Waals surface area contributed by atoms with E-state index in [-0.39, 0.29) is 30.7 Å². The van der Waals surface area contributed by atoms with Crippen LogP contribution in [0.1, 0.15) is 38.4 Å².